The molecule has 0 aliphatic carbocycles. The second-order valence-electron chi connectivity index (χ2n) is 8.03. The zero-order valence-corrected chi connectivity index (χ0v) is 21.1. The molecule has 0 spiro atoms. The third-order valence-electron chi connectivity index (χ3n) is 5.36. The van der Waals surface area contributed by atoms with E-state index in [-0.39, 0.29) is 35.9 Å². The number of nitrogens with zero attached hydrogens (tertiary/aromatic N) is 3. The van der Waals surface area contributed by atoms with Gasteiger partial charge in [-0.3, -0.25) is 30.4 Å². The van der Waals surface area contributed by atoms with Crippen LogP contribution in [0.5, 0.6) is 5.75 Å². The van der Waals surface area contributed by atoms with E-state index in [0.29, 0.717) is 23.4 Å². The van der Waals surface area contributed by atoms with E-state index >= 15 is 0 Å². The molecule has 3 aromatic rings. The van der Waals surface area contributed by atoms with Gasteiger partial charge in [0.15, 0.2) is 0 Å². The van der Waals surface area contributed by atoms with Crippen molar-refractivity contribution in [1.29, 1.82) is 0 Å². The maximum absolute atomic E-state index is 12.9. The number of esters is 1. The highest BCUT2D eigenvalue weighted by atomic mass is 16.6. The van der Waals surface area contributed by atoms with Crippen LogP contribution in [0.1, 0.15) is 35.7 Å². The molecule has 0 atom stereocenters. The number of non-ortho nitro benzene ring substituents is 1. The molecule has 0 unspecified atom stereocenters. The second-order valence-corrected chi connectivity index (χ2v) is 8.03. The molecule has 1 amide bonds. The normalized spacial score (nSPS) is 10.9. The molecule has 3 aromatic carbocycles. The number of hydrogen-bond donors (Lipinski definition) is 2. The topological polar surface area (TPSA) is 175 Å². The smallest absolute Gasteiger partial charge is 0.340 e. The molecule has 13 heteroatoms. The summed E-state index contributed by atoms with van der Waals surface area (Å²) in [5.41, 5.74) is 2.55. The average molecular weight is 536 g/mol. The fourth-order valence-corrected chi connectivity index (χ4v) is 3.39. The Labute approximate surface area is 222 Å². The van der Waals surface area contributed by atoms with Crippen LogP contribution in [0.4, 0.5) is 22.7 Å². The van der Waals surface area contributed by atoms with Gasteiger partial charge in [-0.25, -0.2) is 4.79 Å². The maximum atomic E-state index is 12.9. The van der Waals surface area contributed by atoms with Crippen LogP contribution in [0.3, 0.4) is 0 Å². The highest BCUT2D eigenvalue weighted by molar-refractivity contribution is 6.05. The van der Waals surface area contributed by atoms with Gasteiger partial charge >= 0.3 is 11.7 Å². The van der Waals surface area contributed by atoms with Gasteiger partial charge in [0.05, 0.1) is 34.3 Å². The van der Waals surface area contributed by atoms with Gasteiger partial charge in [0.25, 0.3) is 5.69 Å². The first-order valence-electron chi connectivity index (χ1n) is 11.7. The molecule has 3 rings (SSSR count). The lowest BCUT2D eigenvalue weighted by atomic mass is 10.1. The first-order valence-corrected chi connectivity index (χ1v) is 11.7. The van der Waals surface area contributed by atoms with Crippen LogP contribution in [0, 0.1) is 20.2 Å². The van der Waals surface area contributed by atoms with Gasteiger partial charge in [-0.2, -0.15) is 5.10 Å². The minimum absolute atomic E-state index is 0.105. The van der Waals surface area contributed by atoms with Gasteiger partial charge in [0, 0.05) is 18.1 Å². The van der Waals surface area contributed by atoms with Crippen molar-refractivity contribution in [3.05, 3.63) is 98.1 Å². The number of hydrogen-bond acceptors (Lipinski definition) is 10. The fourth-order valence-electron chi connectivity index (χ4n) is 3.39. The Kier molecular flexibility index (Phi) is 9.62. The summed E-state index contributed by atoms with van der Waals surface area (Å²) in [5, 5.41) is 29.4. The molecule has 0 aliphatic rings. The van der Waals surface area contributed by atoms with E-state index in [1.807, 2.05) is 6.92 Å². The van der Waals surface area contributed by atoms with E-state index in [1.165, 1.54) is 13.2 Å². The van der Waals surface area contributed by atoms with Crippen molar-refractivity contribution < 1.29 is 28.9 Å². The van der Waals surface area contributed by atoms with E-state index in [1.54, 1.807) is 42.5 Å². The Morgan fingerprint density at radius 1 is 0.949 bits per heavy atom. The summed E-state index contributed by atoms with van der Waals surface area (Å²) in [6, 6.07) is 16.1. The quantitative estimate of drug-likeness (QED) is 0.141. The van der Waals surface area contributed by atoms with Crippen LogP contribution in [0.25, 0.3) is 0 Å². The number of nitro groups is 2. The van der Waals surface area contributed by atoms with Crippen molar-refractivity contribution in [1.82, 2.24) is 0 Å². The molecule has 13 nitrogen and oxygen atoms in total. The molecule has 0 aliphatic heterocycles. The Morgan fingerprint density at radius 3 is 2.31 bits per heavy atom. The monoisotopic (exact) mass is 535 g/mol. The molecule has 202 valence electrons. The highest BCUT2D eigenvalue weighted by Crippen LogP contribution is 2.29. The SMILES string of the molecule is CCCC(=O)Nc1ccccc1C(=O)OC/C(=N\Nc1ccc([N+](=O)[O-])cc1[N+](=O)[O-])c1ccc(OC)cc1. The maximum Gasteiger partial charge on any atom is 0.340 e. The van der Waals surface area contributed by atoms with Crippen LogP contribution in [-0.4, -0.2) is 41.2 Å². The van der Waals surface area contributed by atoms with Gasteiger partial charge in [0.2, 0.25) is 5.91 Å². The lowest BCUT2D eigenvalue weighted by Gasteiger charge is -2.13. The number of rotatable bonds is 12. The van der Waals surface area contributed by atoms with Crippen LogP contribution in [0.2, 0.25) is 0 Å². The summed E-state index contributed by atoms with van der Waals surface area (Å²) in [6.07, 6.45) is 0.929. The number of para-hydroxylation sites is 1. The Bertz CT molecular complexity index is 1410. The first-order chi connectivity index (χ1) is 18.7. The molecule has 39 heavy (non-hydrogen) atoms. The number of carbonyl (C=O) groups is 2. The van der Waals surface area contributed by atoms with Gasteiger partial charge in [-0.05, 0) is 48.9 Å². The summed E-state index contributed by atoms with van der Waals surface area (Å²) in [6.45, 7) is 1.51. The van der Waals surface area contributed by atoms with E-state index in [4.69, 9.17) is 9.47 Å². The van der Waals surface area contributed by atoms with Crippen molar-refractivity contribution in [2.24, 2.45) is 5.10 Å². The number of amides is 1. The molecule has 0 fully saturated rings. The fraction of sp³-hybridized carbons (Fsp3) is 0.192. The summed E-state index contributed by atoms with van der Waals surface area (Å²) < 4.78 is 10.6. The van der Waals surface area contributed by atoms with E-state index in [2.05, 4.69) is 15.8 Å². The standard InChI is InChI=1S/C26H25N5O8/c1-3-6-25(32)27-21-8-5-4-7-20(21)26(33)39-16-23(17-9-12-19(38-2)13-10-17)29-28-22-14-11-18(30(34)35)15-24(22)31(36)37/h4-5,7-15,28H,3,6,16H2,1-2H3,(H,27,32)/b29-23+. The third kappa shape index (κ3) is 7.58. The molecule has 0 heterocycles. The number of nitrogens with one attached hydrogen (secondary N) is 2. The summed E-state index contributed by atoms with van der Waals surface area (Å²) in [7, 11) is 1.50. The van der Waals surface area contributed by atoms with Gasteiger partial charge in [-0.1, -0.05) is 19.1 Å². The summed E-state index contributed by atoms with van der Waals surface area (Å²) in [5.74, 6) is -0.414. The predicted octanol–water partition coefficient (Wildman–Crippen LogP) is 4.92. The Morgan fingerprint density at radius 2 is 1.67 bits per heavy atom. The number of methoxy groups -OCH3 is 1. The molecule has 0 radical (unpaired) electrons. The predicted molar refractivity (Wildman–Crippen MR) is 143 cm³/mol. The molecular formula is C26H25N5O8. The highest BCUT2D eigenvalue weighted by Gasteiger charge is 2.20. The summed E-state index contributed by atoms with van der Waals surface area (Å²) in [4.78, 5) is 46.0. The minimum Gasteiger partial charge on any atom is -0.497 e. The Hall–Kier alpha value is -5.33. The number of carbonyl (C=O) groups excluding carboxylic acids is 2. The lowest BCUT2D eigenvalue weighted by Crippen LogP contribution is -2.19. The summed E-state index contributed by atoms with van der Waals surface area (Å²) >= 11 is 0. The van der Waals surface area contributed by atoms with Crippen molar-refractivity contribution >= 4 is 40.3 Å². The number of ether oxygens (including phenoxy) is 2. The van der Waals surface area contributed by atoms with Crippen LogP contribution in [-0.2, 0) is 9.53 Å². The number of benzene rings is 3. The van der Waals surface area contributed by atoms with E-state index < -0.39 is 27.2 Å². The minimum atomic E-state index is -0.776. The molecule has 2 N–H and O–H groups in total. The van der Waals surface area contributed by atoms with Crippen molar-refractivity contribution in [2.45, 2.75) is 19.8 Å². The molecular weight excluding hydrogens is 510 g/mol. The lowest BCUT2D eigenvalue weighted by molar-refractivity contribution is -0.393. The molecule has 0 bridgehead atoms. The number of hydrazone groups is 1. The van der Waals surface area contributed by atoms with Crippen LogP contribution in [0.15, 0.2) is 71.8 Å². The van der Waals surface area contributed by atoms with Crippen molar-refractivity contribution in [3.8, 4) is 5.75 Å². The van der Waals surface area contributed by atoms with Crippen molar-refractivity contribution in [2.75, 3.05) is 24.5 Å². The second kappa shape index (κ2) is 13.3. The van der Waals surface area contributed by atoms with Crippen LogP contribution < -0.4 is 15.5 Å². The van der Waals surface area contributed by atoms with Gasteiger partial charge in [-0.15, -0.1) is 0 Å². The average Bonchev–Trinajstić information content (AvgIpc) is 2.93. The number of anilines is 2. The van der Waals surface area contributed by atoms with E-state index in [9.17, 15) is 29.8 Å². The van der Waals surface area contributed by atoms with Gasteiger partial charge in [0.1, 0.15) is 23.8 Å². The zero-order valence-electron chi connectivity index (χ0n) is 21.1. The molecule has 0 aromatic heterocycles. The molecule has 0 saturated carbocycles. The van der Waals surface area contributed by atoms with E-state index in [0.717, 1.165) is 18.2 Å². The first kappa shape index (κ1) is 28.2. The molecule has 0 saturated heterocycles. The van der Waals surface area contributed by atoms with Crippen molar-refractivity contribution in [3.63, 3.8) is 0 Å². The number of nitro benzene ring substituents is 2. The largest absolute Gasteiger partial charge is 0.497 e. The third-order valence-corrected chi connectivity index (χ3v) is 5.36. The van der Waals surface area contributed by atoms with Crippen LogP contribution >= 0.6 is 0 Å². The zero-order chi connectivity index (χ0) is 28.4. The van der Waals surface area contributed by atoms with Gasteiger partial charge < -0.3 is 14.8 Å². The Balaban J connectivity index is 1.88.